The van der Waals surface area contributed by atoms with Gasteiger partial charge in [-0.15, -0.1) is 16.9 Å². The van der Waals surface area contributed by atoms with E-state index in [4.69, 9.17) is 0 Å². The molecular weight excluding hydrogens is 527 g/mol. The van der Waals surface area contributed by atoms with Gasteiger partial charge >= 0.3 is 5.97 Å². The molecule has 0 spiro atoms. The Kier molecular flexibility index (Phi) is 7.58. The Balaban J connectivity index is 1.34. The number of rotatable bonds is 9. The number of amides is 2. The molecule has 2 aromatic rings. The van der Waals surface area contributed by atoms with Crippen molar-refractivity contribution >= 4 is 64.8 Å². The maximum Gasteiger partial charge on any atom is 0.323 e. The Morgan fingerprint density at radius 2 is 2.00 bits per heavy atom. The molecule has 0 bridgehead atoms. The maximum atomic E-state index is 13.4. The number of fused-ring (bicyclic) bond motifs is 1. The van der Waals surface area contributed by atoms with Crippen LogP contribution in [0.4, 0.5) is 0 Å². The first-order valence-corrected chi connectivity index (χ1v) is 14.9. The third-order valence-electron chi connectivity index (χ3n) is 6.41. The Hall–Kier alpha value is -1.80. The van der Waals surface area contributed by atoms with E-state index >= 15 is 0 Å². The van der Waals surface area contributed by atoms with E-state index in [0.29, 0.717) is 15.7 Å². The number of β-lactam (4-membered cyclic amide) rings is 1. The number of hydrogen-bond acceptors (Lipinski definition) is 10. The van der Waals surface area contributed by atoms with Crippen LogP contribution < -0.4 is 5.32 Å². The molecule has 13 heteroatoms. The van der Waals surface area contributed by atoms with Crippen molar-refractivity contribution in [2.45, 2.75) is 45.7 Å². The molecule has 35 heavy (non-hydrogen) atoms. The van der Waals surface area contributed by atoms with Crippen LogP contribution in [0.25, 0.3) is 0 Å². The summed E-state index contributed by atoms with van der Waals surface area (Å²) in [6.07, 6.45) is 4.02. The zero-order valence-corrected chi connectivity index (χ0v) is 22.0. The molecule has 0 radical (unpaired) electrons. The molecular formula is C22H25N5O4S4. The van der Waals surface area contributed by atoms with E-state index in [2.05, 4.69) is 19.2 Å². The lowest BCUT2D eigenvalue weighted by molar-refractivity contribution is -0.156. The maximum absolute atomic E-state index is 13.4. The van der Waals surface area contributed by atoms with Gasteiger partial charge in [0.15, 0.2) is 0 Å². The first-order chi connectivity index (χ1) is 17.0. The number of thioether (sulfide) groups is 2. The molecule has 3 fully saturated rings. The third kappa shape index (κ3) is 5.06. The van der Waals surface area contributed by atoms with Gasteiger partial charge in [0.2, 0.25) is 11.8 Å². The number of carbonyl (C=O) groups is 3. The lowest BCUT2D eigenvalue weighted by Gasteiger charge is -2.58. The minimum absolute atomic E-state index is 0.198. The minimum Gasteiger partial charge on any atom is -0.480 e. The first-order valence-electron chi connectivity index (χ1n) is 11.3. The van der Waals surface area contributed by atoms with E-state index in [0.717, 1.165) is 43.0 Å². The second-order valence-electron chi connectivity index (χ2n) is 8.64. The molecule has 4 heterocycles. The van der Waals surface area contributed by atoms with Gasteiger partial charge in [0.25, 0.3) is 0 Å². The SMILES string of the molecule is O=C(Cc1ccccc1)N[C@@H]1C(=O)N2C(CSN3CCCC3)C(Sc3cnns3)(C(=O)O)CS[C@H]12. The summed E-state index contributed by atoms with van der Waals surface area (Å²) in [5, 5.41) is 16.9. The molecule has 3 aliphatic heterocycles. The molecule has 3 saturated heterocycles. The van der Waals surface area contributed by atoms with Crippen LogP contribution >= 0.6 is 47.0 Å². The Bertz CT molecular complexity index is 1070. The standard InChI is InChI=1S/C22H25N5O4S4/c28-16(10-14-6-2-1-3-7-14)24-18-19(29)27-15(12-33-26-8-4-5-9-26)22(21(30)31,13-32-20(18)27)34-17-11-23-25-35-17/h1-3,6-7,11,15,18,20H,4-5,8-10,12-13H2,(H,24,28)(H,30,31)/t15?,18-,20-,22?/m1/s1. The van der Waals surface area contributed by atoms with Crippen LogP contribution in [0.3, 0.4) is 0 Å². The zero-order valence-electron chi connectivity index (χ0n) is 18.7. The lowest BCUT2D eigenvalue weighted by Crippen LogP contribution is -2.78. The smallest absolute Gasteiger partial charge is 0.323 e. The predicted molar refractivity (Wildman–Crippen MR) is 138 cm³/mol. The number of benzene rings is 1. The number of hydrogen-bond donors (Lipinski definition) is 2. The summed E-state index contributed by atoms with van der Waals surface area (Å²) < 4.78 is 5.63. The summed E-state index contributed by atoms with van der Waals surface area (Å²) in [6, 6.07) is 8.23. The molecule has 2 unspecified atom stereocenters. The highest BCUT2D eigenvalue weighted by Crippen LogP contribution is 2.51. The van der Waals surface area contributed by atoms with Crippen LogP contribution in [-0.4, -0.2) is 88.5 Å². The van der Waals surface area contributed by atoms with Gasteiger partial charge in [0.1, 0.15) is 20.4 Å². The Morgan fingerprint density at radius 1 is 1.23 bits per heavy atom. The average Bonchev–Trinajstić information content (AvgIpc) is 3.56. The van der Waals surface area contributed by atoms with Crippen molar-refractivity contribution in [1.29, 1.82) is 0 Å². The van der Waals surface area contributed by atoms with Crippen molar-refractivity contribution in [3.63, 3.8) is 0 Å². The van der Waals surface area contributed by atoms with Crippen molar-refractivity contribution in [2.75, 3.05) is 24.6 Å². The van der Waals surface area contributed by atoms with Crippen LogP contribution in [0.5, 0.6) is 0 Å². The molecule has 0 aliphatic carbocycles. The summed E-state index contributed by atoms with van der Waals surface area (Å²) in [5.74, 6) is -0.574. The number of carboxylic acids is 1. The summed E-state index contributed by atoms with van der Waals surface area (Å²) in [5.41, 5.74) is 0.879. The highest BCUT2D eigenvalue weighted by Gasteiger charge is 2.63. The van der Waals surface area contributed by atoms with E-state index in [-0.39, 0.29) is 23.6 Å². The van der Waals surface area contributed by atoms with Crippen molar-refractivity contribution in [1.82, 2.24) is 24.1 Å². The van der Waals surface area contributed by atoms with Crippen LogP contribution in [0.15, 0.2) is 40.7 Å². The second-order valence-corrected chi connectivity index (χ2v) is 13.3. The first kappa shape index (κ1) is 24.9. The number of nitrogens with one attached hydrogen (secondary N) is 1. The molecule has 9 nitrogen and oxygen atoms in total. The minimum atomic E-state index is -1.23. The zero-order chi connectivity index (χ0) is 24.4. The van der Waals surface area contributed by atoms with E-state index in [1.54, 1.807) is 23.0 Å². The largest absolute Gasteiger partial charge is 0.480 e. The number of carboxylic acid groups (broad SMARTS) is 1. The monoisotopic (exact) mass is 551 g/mol. The highest BCUT2D eigenvalue weighted by molar-refractivity contribution is 8.06. The van der Waals surface area contributed by atoms with E-state index in [1.165, 1.54) is 23.5 Å². The fraction of sp³-hybridized carbons (Fsp3) is 0.500. The number of aliphatic carboxylic acids is 1. The van der Waals surface area contributed by atoms with Crippen molar-refractivity contribution in [3.8, 4) is 0 Å². The highest BCUT2D eigenvalue weighted by atomic mass is 32.2. The molecule has 3 aliphatic rings. The van der Waals surface area contributed by atoms with Gasteiger partial charge in [0, 0.05) is 24.6 Å². The number of aromatic nitrogens is 2. The van der Waals surface area contributed by atoms with E-state index in [9.17, 15) is 19.5 Å². The average molecular weight is 552 g/mol. The predicted octanol–water partition coefficient (Wildman–Crippen LogP) is 2.21. The lowest BCUT2D eigenvalue weighted by atomic mass is 9.93. The van der Waals surface area contributed by atoms with Gasteiger partial charge in [0.05, 0.1) is 18.7 Å². The molecule has 186 valence electrons. The van der Waals surface area contributed by atoms with Gasteiger partial charge in [-0.2, -0.15) is 0 Å². The molecule has 2 N–H and O–H groups in total. The number of carbonyl (C=O) groups excluding carboxylic acids is 2. The molecule has 5 rings (SSSR count). The Labute approximate surface area is 220 Å². The van der Waals surface area contributed by atoms with Crippen molar-refractivity contribution in [3.05, 3.63) is 42.1 Å². The fourth-order valence-electron chi connectivity index (χ4n) is 4.60. The van der Waals surface area contributed by atoms with Crippen LogP contribution in [0, 0.1) is 0 Å². The van der Waals surface area contributed by atoms with Crippen molar-refractivity contribution in [2.24, 2.45) is 0 Å². The van der Waals surface area contributed by atoms with E-state index < -0.39 is 22.8 Å². The van der Waals surface area contributed by atoms with Crippen LogP contribution in [0.2, 0.25) is 0 Å². The molecule has 0 saturated carbocycles. The molecule has 4 atom stereocenters. The van der Waals surface area contributed by atoms with Gasteiger partial charge in [-0.3, -0.25) is 18.7 Å². The van der Waals surface area contributed by atoms with Gasteiger partial charge in [-0.05, 0) is 29.9 Å². The molecule has 1 aromatic heterocycles. The van der Waals surface area contributed by atoms with Gasteiger partial charge in [-0.25, -0.2) is 0 Å². The summed E-state index contributed by atoms with van der Waals surface area (Å²) >= 11 is 5.44. The third-order valence-corrected chi connectivity index (χ3v) is 11.4. The fourth-order valence-corrected chi connectivity index (χ4v) is 9.82. The second kappa shape index (κ2) is 10.7. The Morgan fingerprint density at radius 3 is 2.69 bits per heavy atom. The summed E-state index contributed by atoms with van der Waals surface area (Å²) in [7, 11) is 0. The van der Waals surface area contributed by atoms with Crippen LogP contribution in [0.1, 0.15) is 18.4 Å². The molecule has 2 amide bonds. The number of nitrogens with zero attached hydrogens (tertiary/aromatic N) is 4. The van der Waals surface area contributed by atoms with Crippen molar-refractivity contribution < 1.29 is 19.5 Å². The summed E-state index contributed by atoms with van der Waals surface area (Å²) in [4.78, 5) is 40.5. The summed E-state index contributed by atoms with van der Waals surface area (Å²) in [6.45, 7) is 1.93. The quantitative estimate of drug-likeness (QED) is 0.355. The molecule has 1 aromatic carbocycles. The topological polar surface area (TPSA) is 116 Å². The van der Waals surface area contributed by atoms with Gasteiger partial charge in [-0.1, -0.05) is 58.5 Å². The normalized spacial score (nSPS) is 28.4. The van der Waals surface area contributed by atoms with E-state index in [1.807, 2.05) is 30.3 Å². The van der Waals surface area contributed by atoms with Gasteiger partial charge < -0.3 is 15.3 Å². The van der Waals surface area contributed by atoms with Crippen LogP contribution in [-0.2, 0) is 20.8 Å².